The largest absolute Gasteiger partial charge is 0.381 e. The van der Waals surface area contributed by atoms with Gasteiger partial charge in [0.2, 0.25) is 0 Å². The van der Waals surface area contributed by atoms with Gasteiger partial charge < -0.3 is 15.1 Å². The fourth-order valence-corrected chi connectivity index (χ4v) is 5.40. The number of nitrogens with zero attached hydrogens (tertiary/aromatic N) is 2. The number of unbranched alkanes of at least 4 members (excludes halogenated alkanes) is 10. The molecule has 0 unspecified atom stereocenters. The summed E-state index contributed by atoms with van der Waals surface area (Å²) in [5.41, 5.74) is 2.65. The van der Waals surface area contributed by atoms with Crippen LogP contribution < -0.4 is 10.2 Å². The number of anilines is 2. The van der Waals surface area contributed by atoms with Crippen LogP contribution in [0.3, 0.4) is 0 Å². The van der Waals surface area contributed by atoms with E-state index in [1.54, 1.807) is 0 Å². The highest BCUT2D eigenvalue weighted by Gasteiger charge is 2.19. The van der Waals surface area contributed by atoms with Gasteiger partial charge in [0.15, 0.2) is 0 Å². The average Bonchev–Trinajstić information content (AvgIpc) is 2.80. The Bertz CT molecular complexity index is 715. The van der Waals surface area contributed by atoms with Crippen molar-refractivity contribution in [1.82, 2.24) is 4.90 Å². The third-order valence-corrected chi connectivity index (χ3v) is 8.01. The summed E-state index contributed by atoms with van der Waals surface area (Å²) in [5.74, 6) is 0. The van der Waals surface area contributed by atoms with Crippen molar-refractivity contribution in [2.45, 2.75) is 125 Å². The lowest BCUT2D eigenvalue weighted by Gasteiger charge is -2.28. The van der Waals surface area contributed by atoms with Gasteiger partial charge in [-0.2, -0.15) is 0 Å². The molecule has 0 aromatic heterocycles. The molecule has 5 heteroatoms. The van der Waals surface area contributed by atoms with Gasteiger partial charge in [-0.1, -0.05) is 123 Å². The van der Waals surface area contributed by atoms with Crippen LogP contribution in [0.5, 0.6) is 0 Å². The maximum atomic E-state index is 5.62. The first kappa shape index (κ1) is 32.5. The molecule has 1 rings (SSSR count). The highest BCUT2D eigenvalue weighted by atomic mass is 32.1. The molecule has 1 aromatic carbocycles. The summed E-state index contributed by atoms with van der Waals surface area (Å²) in [6.45, 7) is 17.0. The van der Waals surface area contributed by atoms with E-state index in [-0.39, 0.29) is 0 Å². The second-order valence-electron chi connectivity index (χ2n) is 11.8. The smallest absolute Gasteiger partial charge is 0.0834 e. The number of hydrogen-bond acceptors (Lipinski definition) is 5. The van der Waals surface area contributed by atoms with Crippen molar-refractivity contribution in [3.8, 4) is 0 Å². The van der Waals surface area contributed by atoms with E-state index in [0.29, 0.717) is 5.41 Å². The molecule has 0 saturated heterocycles. The summed E-state index contributed by atoms with van der Waals surface area (Å²) >= 11 is 11.2. The summed E-state index contributed by atoms with van der Waals surface area (Å²) < 4.78 is 1.73. The first-order valence-electron chi connectivity index (χ1n) is 14.7. The first-order valence-corrected chi connectivity index (χ1v) is 15.5. The van der Waals surface area contributed by atoms with E-state index in [1.807, 2.05) is 0 Å². The van der Waals surface area contributed by atoms with Crippen molar-refractivity contribution in [1.29, 1.82) is 0 Å². The normalized spacial score (nSPS) is 12.1. The lowest BCUT2D eigenvalue weighted by atomic mass is 9.90. The zero-order valence-electron chi connectivity index (χ0n) is 24.1. The molecule has 1 N–H and O–H groups in total. The molecule has 0 radical (unpaired) electrons. The maximum absolute atomic E-state index is 5.62. The lowest BCUT2D eigenvalue weighted by Crippen LogP contribution is -2.32. The van der Waals surface area contributed by atoms with Gasteiger partial charge in [0.25, 0.3) is 0 Å². The van der Waals surface area contributed by atoms with E-state index in [1.165, 1.54) is 103 Å². The van der Waals surface area contributed by atoms with Gasteiger partial charge in [-0.3, -0.25) is 0 Å². The fourth-order valence-electron chi connectivity index (χ4n) is 4.77. The topological polar surface area (TPSA) is 18.5 Å². The van der Waals surface area contributed by atoms with Crippen molar-refractivity contribution >= 4 is 35.8 Å². The summed E-state index contributed by atoms with van der Waals surface area (Å²) in [7, 11) is 2.16. The Morgan fingerprint density at radius 3 is 1.69 bits per heavy atom. The molecule has 0 bridgehead atoms. The molecule has 0 aliphatic carbocycles. The average molecular weight is 524 g/mol. The predicted molar refractivity (Wildman–Crippen MR) is 164 cm³/mol. The van der Waals surface area contributed by atoms with Crippen molar-refractivity contribution in [3.05, 3.63) is 9.02 Å². The second kappa shape index (κ2) is 18.7. The Morgan fingerprint density at radius 1 is 0.657 bits per heavy atom. The standard InChI is InChI=1S/C30H57N3S2/c1-7-9-11-13-15-17-23-33(24-18-16-14-12-10-8-2)25-21-31-26-27(29(35)28(26)34)32(6)22-19-20-30(3,4)5/h31H,7-25H2,1-6H3. The molecular formula is C30H57N3S2. The van der Waals surface area contributed by atoms with E-state index >= 15 is 0 Å². The molecule has 0 spiro atoms. The van der Waals surface area contributed by atoms with Crippen LogP contribution in [0.1, 0.15) is 125 Å². The minimum absolute atomic E-state index is 0.376. The Kier molecular flexibility index (Phi) is 17.4. The Labute approximate surface area is 229 Å². The SMILES string of the molecule is CCCCCCCCN(CCCCCCCC)CCNc1c(N(C)CCCC(C)(C)C)c(=S)c1=S. The zero-order chi connectivity index (χ0) is 26.1. The van der Waals surface area contributed by atoms with E-state index in [4.69, 9.17) is 24.4 Å². The van der Waals surface area contributed by atoms with E-state index in [2.05, 4.69) is 56.8 Å². The highest BCUT2D eigenvalue weighted by molar-refractivity contribution is 7.74. The zero-order valence-corrected chi connectivity index (χ0v) is 25.8. The van der Waals surface area contributed by atoms with E-state index in [0.717, 1.165) is 40.0 Å². The Balaban J connectivity index is 2.52. The molecule has 0 fully saturated rings. The molecule has 204 valence electrons. The van der Waals surface area contributed by atoms with Crippen LogP contribution in [0, 0.1) is 14.4 Å². The van der Waals surface area contributed by atoms with Crippen LogP contribution in [0.4, 0.5) is 11.4 Å². The predicted octanol–water partition coefficient (Wildman–Crippen LogP) is 9.72. The van der Waals surface area contributed by atoms with Crippen LogP contribution in [-0.4, -0.2) is 44.7 Å². The molecule has 0 aliphatic rings. The van der Waals surface area contributed by atoms with Crippen molar-refractivity contribution in [2.24, 2.45) is 5.41 Å². The summed E-state index contributed by atoms with van der Waals surface area (Å²) in [5, 5.41) is 3.67. The quantitative estimate of drug-likeness (QED) is 0.120. The minimum Gasteiger partial charge on any atom is -0.381 e. The molecule has 0 amide bonds. The molecule has 0 aliphatic heterocycles. The fraction of sp³-hybridized carbons (Fsp3) is 0.867. The van der Waals surface area contributed by atoms with Gasteiger partial charge in [-0.15, -0.1) is 0 Å². The van der Waals surface area contributed by atoms with Crippen LogP contribution in [0.25, 0.3) is 0 Å². The van der Waals surface area contributed by atoms with Crippen molar-refractivity contribution in [2.75, 3.05) is 50.0 Å². The van der Waals surface area contributed by atoms with Gasteiger partial charge >= 0.3 is 0 Å². The third kappa shape index (κ3) is 14.1. The van der Waals surface area contributed by atoms with Crippen LogP contribution >= 0.6 is 24.4 Å². The molecule has 0 atom stereocenters. The summed E-state index contributed by atoms with van der Waals surface area (Å²) in [6.07, 6.45) is 18.8. The summed E-state index contributed by atoms with van der Waals surface area (Å²) in [4.78, 5) is 5.00. The minimum atomic E-state index is 0.376. The van der Waals surface area contributed by atoms with E-state index < -0.39 is 0 Å². The van der Waals surface area contributed by atoms with Gasteiger partial charge in [-0.05, 0) is 44.2 Å². The first-order chi connectivity index (χ1) is 16.7. The lowest BCUT2D eigenvalue weighted by molar-refractivity contribution is 0.269. The summed E-state index contributed by atoms with van der Waals surface area (Å²) in [6, 6.07) is 0. The maximum Gasteiger partial charge on any atom is 0.0834 e. The van der Waals surface area contributed by atoms with Crippen LogP contribution in [-0.2, 0) is 0 Å². The van der Waals surface area contributed by atoms with Gasteiger partial charge in [0.1, 0.15) is 0 Å². The van der Waals surface area contributed by atoms with Gasteiger partial charge in [0, 0.05) is 26.7 Å². The number of hydrogen-bond donors (Lipinski definition) is 1. The Morgan fingerprint density at radius 2 is 1.17 bits per heavy atom. The van der Waals surface area contributed by atoms with Gasteiger partial charge in [0.05, 0.1) is 20.4 Å². The van der Waals surface area contributed by atoms with E-state index in [9.17, 15) is 0 Å². The number of nitrogens with one attached hydrogen (secondary N) is 1. The molecule has 0 saturated carbocycles. The van der Waals surface area contributed by atoms with Crippen molar-refractivity contribution in [3.63, 3.8) is 0 Å². The van der Waals surface area contributed by atoms with Gasteiger partial charge in [-0.25, -0.2) is 0 Å². The van der Waals surface area contributed by atoms with Crippen LogP contribution in [0.2, 0.25) is 0 Å². The second-order valence-corrected chi connectivity index (χ2v) is 12.6. The molecule has 1 aromatic rings. The third-order valence-electron chi connectivity index (χ3n) is 7.07. The molecule has 35 heavy (non-hydrogen) atoms. The monoisotopic (exact) mass is 523 g/mol. The number of rotatable bonds is 22. The highest BCUT2D eigenvalue weighted by Crippen LogP contribution is 2.35. The molecule has 3 nitrogen and oxygen atoms in total. The van der Waals surface area contributed by atoms with Crippen molar-refractivity contribution < 1.29 is 0 Å². The molecule has 0 heterocycles. The Hall–Kier alpha value is -0.520. The molecular weight excluding hydrogens is 466 g/mol. The van der Waals surface area contributed by atoms with Crippen LogP contribution in [0.15, 0.2) is 0 Å².